The third kappa shape index (κ3) is 3.91. The molecule has 0 fully saturated rings. The highest BCUT2D eigenvalue weighted by Crippen LogP contribution is 2.24. The van der Waals surface area contributed by atoms with Crippen LogP contribution in [0.1, 0.15) is 5.56 Å². The molecule has 0 aliphatic carbocycles. The highest BCUT2D eigenvalue weighted by Gasteiger charge is 2.16. The number of benzene rings is 2. The Morgan fingerprint density at radius 2 is 1.71 bits per heavy atom. The summed E-state index contributed by atoms with van der Waals surface area (Å²) >= 11 is 11.5. The molecule has 0 spiro atoms. The molecule has 0 bridgehead atoms. The summed E-state index contributed by atoms with van der Waals surface area (Å²) in [5.74, 6) is -1.56. The highest BCUT2D eigenvalue weighted by molar-refractivity contribution is 7.89. The molecule has 2 aromatic rings. The second kappa shape index (κ2) is 6.27. The largest absolute Gasteiger partial charge is 0.240 e. The minimum absolute atomic E-state index is 0.0278. The number of halogens is 4. The van der Waals surface area contributed by atoms with Crippen LogP contribution in [0, 0.1) is 11.6 Å². The Morgan fingerprint density at radius 3 is 2.33 bits per heavy atom. The van der Waals surface area contributed by atoms with Crippen molar-refractivity contribution in [3.8, 4) is 0 Å². The lowest BCUT2D eigenvalue weighted by Crippen LogP contribution is -2.23. The average molecular weight is 352 g/mol. The van der Waals surface area contributed by atoms with Crippen molar-refractivity contribution in [2.24, 2.45) is 0 Å². The van der Waals surface area contributed by atoms with Crippen LogP contribution < -0.4 is 4.72 Å². The molecule has 21 heavy (non-hydrogen) atoms. The van der Waals surface area contributed by atoms with Crippen LogP contribution in [0.15, 0.2) is 41.3 Å². The third-order valence-corrected chi connectivity index (χ3v) is 4.81. The van der Waals surface area contributed by atoms with Gasteiger partial charge in [-0.1, -0.05) is 29.3 Å². The molecule has 0 unspecified atom stereocenters. The first-order chi connectivity index (χ1) is 9.79. The van der Waals surface area contributed by atoms with Crippen molar-refractivity contribution in [2.45, 2.75) is 11.4 Å². The van der Waals surface area contributed by atoms with Gasteiger partial charge >= 0.3 is 0 Å². The quantitative estimate of drug-likeness (QED) is 0.911. The minimum Gasteiger partial charge on any atom is -0.207 e. The number of hydrogen-bond donors (Lipinski definition) is 1. The van der Waals surface area contributed by atoms with Crippen molar-refractivity contribution in [1.29, 1.82) is 0 Å². The minimum atomic E-state index is -3.88. The van der Waals surface area contributed by atoms with Crippen LogP contribution in [-0.2, 0) is 16.6 Å². The molecular weight excluding hydrogens is 343 g/mol. The maximum atomic E-state index is 13.4. The first-order valence-electron chi connectivity index (χ1n) is 5.68. The second-order valence-electron chi connectivity index (χ2n) is 4.14. The Hall–Kier alpha value is -1.21. The fourth-order valence-corrected chi connectivity index (χ4v) is 2.96. The van der Waals surface area contributed by atoms with Crippen LogP contribution in [0.4, 0.5) is 8.78 Å². The third-order valence-electron chi connectivity index (χ3n) is 2.67. The second-order valence-corrected chi connectivity index (χ2v) is 6.72. The Labute approximate surface area is 130 Å². The van der Waals surface area contributed by atoms with Gasteiger partial charge in [0.15, 0.2) is 0 Å². The molecule has 0 saturated carbocycles. The van der Waals surface area contributed by atoms with Crippen LogP contribution in [0.25, 0.3) is 0 Å². The molecule has 112 valence electrons. The van der Waals surface area contributed by atoms with Gasteiger partial charge in [-0.15, -0.1) is 0 Å². The van der Waals surface area contributed by atoms with E-state index in [1.807, 2.05) is 0 Å². The van der Waals surface area contributed by atoms with Gasteiger partial charge in [-0.05, 0) is 24.3 Å². The lowest BCUT2D eigenvalue weighted by molar-refractivity contribution is 0.562. The molecule has 0 aliphatic rings. The molecule has 0 amide bonds. The smallest absolute Gasteiger partial charge is 0.207 e. The normalized spacial score (nSPS) is 11.6. The molecule has 2 rings (SSSR count). The zero-order valence-corrected chi connectivity index (χ0v) is 12.7. The molecule has 2 aromatic carbocycles. The Morgan fingerprint density at radius 1 is 1.00 bits per heavy atom. The highest BCUT2D eigenvalue weighted by atomic mass is 35.5. The fraction of sp³-hybridized carbons (Fsp3) is 0.0769. The lowest BCUT2D eigenvalue weighted by atomic mass is 10.2. The van der Waals surface area contributed by atoms with Gasteiger partial charge in [0.05, 0.1) is 14.9 Å². The SMILES string of the molecule is O=S(=O)(NCc1ccc(F)cc1F)c1ccc(Cl)c(Cl)c1. The maximum Gasteiger partial charge on any atom is 0.240 e. The van der Waals surface area contributed by atoms with Gasteiger partial charge in [0, 0.05) is 18.2 Å². The van der Waals surface area contributed by atoms with Crippen molar-refractivity contribution in [1.82, 2.24) is 4.72 Å². The van der Waals surface area contributed by atoms with Crippen LogP contribution in [0.5, 0.6) is 0 Å². The average Bonchev–Trinajstić information content (AvgIpc) is 2.40. The number of sulfonamides is 1. The van der Waals surface area contributed by atoms with Gasteiger partial charge in [-0.2, -0.15) is 0 Å². The Kier molecular flexibility index (Phi) is 4.83. The van der Waals surface area contributed by atoms with Crippen molar-refractivity contribution in [2.75, 3.05) is 0 Å². The van der Waals surface area contributed by atoms with Crippen molar-refractivity contribution < 1.29 is 17.2 Å². The first-order valence-corrected chi connectivity index (χ1v) is 7.92. The van der Waals surface area contributed by atoms with Gasteiger partial charge in [-0.3, -0.25) is 0 Å². The van der Waals surface area contributed by atoms with E-state index in [2.05, 4.69) is 4.72 Å². The van der Waals surface area contributed by atoms with Gasteiger partial charge in [0.1, 0.15) is 11.6 Å². The topological polar surface area (TPSA) is 46.2 Å². The summed E-state index contributed by atoms with van der Waals surface area (Å²) in [6.07, 6.45) is 0. The predicted octanol–water partition coefficient (Wildman–Crippen LogP) is 3.75. The van der Waals surface area contributed by atoms with Crippen LogP contribution in [-0.4, -0.2) is 8.42 Å². The van der Waals surface area contributed by atoms with Crippen LogP contribution in [0.3, 0.4) is 0 Å². The molecule has 0 atom stereocenters. The maximum absolute atomic E-state index is 13.4. The molecule has 1 N–H and O–H groups in total. The monoisotopic (exact) mass is 351 g/mol. The summed E-state index contributed by atoms with van der Waals surface area (Å²) in [5.41, 5.74) is 0.0278. The Balaban J connectivity index is 2.19. The van der Waals surface area contributed by atoms with Gasteiger partial charge in [0.25, 0.3) is 0 Å². The summed E-state index contributed by atoms with van der Waals surface area (Å²) < 4.78 is 52.5. The molecule has 3 nitrogen and oxygen atoms in total. The standard InChI is InChI=1S/C13H9Cl2F2NO2S/c14-11-4-3-10(6-12(11)15)21(19,20)18-7-8-1-2-9(16)5-13(8)17/h1-6,18H,7H2. The van der Waals surface area contributed by atoms with E-state index in [9.17, 15) is 17.2 Å². The predicted molar refractivity (Wildman–Crippen MR) is 76.8 cm³/mol. The van der Waals surface area contributed by atoms with Crippen molar-refractivity contribution in [3.05, 3.63) is 63.6 Å². The molecule has 0 heterocycles. The summed E-state index contributed by atoms with van der Waals surface area (Å²) in [7, 11) is -3.88. The van der Waals surface area contributed by atoms with Gasteiger partial charge in [-0.25, -0.2) is 21.9 Å². The summed E-state index contributed by atoms with van der Waals surface area (Å²) in [5, 5.41) is 0.313. The van der Waals surface area contributed by atoms with E-state index < -0.39 is 21.7 Å². The van der Waals surface area contributed by atoms with Gasteiger partial charge < -0.3 is 0 Å². The molecular formula is C13H9Cl2F2NO2S. The number of rotatable bonds is 4. The fourth-order valence-electron chi connectivity index (χ4n) is 1.57. The summed E-state index contributed by atoms with van der Waals surface area (Å²) in [6, 6.07) is 6.71. The van der Waals surface area contributed by atoms with Crippen LogP contribution >= 0.6 is 23.2 Å². The van der Waals surface area contributed by atoms with E-state index in [1.54, 1.807) is 0 Å². The van der Waals surface area contributed by atoms with Crippen molar-refractivity contribution >= 4 is 33.2 Å². The first kappa shape index (κ1) is 16.2. The van der Waals surface area contributed by atoms with E-state index in [1.165, 1.54) is 24.3 Å². The lowest BCUT2D eigenvalue weighted by Gasteiger charge is -2.08. The molecule has 0 saturated heterocycles. The molecule has 8 heteroatoms. The van der Waals surface area contributed by atoms with E-state index in [4.69, 9.17) is 23.2 Å². The summed E-state index contributed by atoms with van der Waals surface area (Å²) in [4.78, 5) is -0.0978. The molecule has 0 radical (unpaired) electrons. The van der Waals surface area contributed by atoms with Gasteiger partial charge in [0.2, 0.25) is 10.0 Å². The Bertz CT molecular complexity index is 782. The van der Waals surface area contributed by atoms with E-state index in [0.717, 1.165) is 6.07 Å². The summed E-state index contributed by atoms with van der Waals surface area (Å²) in [6.45, 7) is -0.311. The zero-order valence-electron chi connectivity index (χ0n) is 10.4. The molecule has 0 aliphatic heterocycles. The van der Waals surface area contributed by atoms with Crippen LogP contribution in [0.2, 0.25) is 10.0 Å². The van der Waals surface area contributed by atoms with E-state index in [0.29, 0.717) is 6.07 Å². The number of nitrogens with one attached hydrogen (secondary N) is 1. The zero-order chi connectivity index (χ0) is 15.6. The van der Waals surface area contributed by atoms with E-state index >= 15 is 0 Å². The van der Waals surface area contributed by atoms with E-state index in [-0.39, 0.29) is 27.0 Å². The van der Waals surface area contributed by atoms with Crippen molar-refractivity contribution in [3.63, 3.8) is 0 Å². The molecule has 0 aromatic heterocycles. The number of hydrogen-bond acceptors (Lipinski definition) is 2.